The minimum absolute atomic E-state index is 0.0322. The molecule has 206 valence electrons. The van der Waals surface area contributed by atoms with Gasteiger partial charge in [0.2, 0.25) is 0 Å². The summed E-state index contributed by atoms with van der Waals surface area (Å²) in [6, 6.07) is 51.9. The number of nitroso groups, excluding NO2 is 1. The molecule has 6 aromatic rings. The third kappa shape index (κ3) is 6.63. The van der Waals surface area contributed by atoms with E-state index in [2.05, 4.69) is 34.3 Å². The zero-order valence-electron chi connectivity index (χ0n) is 22.7. The molecule has 6 heteroatoms. The van der Waals surface area contributed by atoms with Crippen molar-refractivity contribution in [3.05, 3.63) is 169 Å². The fourth-order valence-electron chi connectivity index (χ4n) is 4.56. The standard InChI is InChI=1S/C18H14N2O2.C18H15NO/c21-18-13-16(11-12-17(18)19-22)20(14-7-3-1-4-8-14)15-9-5-2-6-10-15;20-18-13-7-12-17(14-18)19(15-8-3-1-4-9-15)16-10-5-2-6-11-16/h1-13,21H;1-14,20H. The Morgan fingerprint density at radius 2 is 0.786 bits per heavy atom. The van der Waals surface area contributed by atoms with Gasteiger partial charge in [0.1, 0.15) is 17.2 Å². The summed E-state index contributed by atoms with van der Waals surface area (Å²) in [6.45, 7) is 0. The summed E-state index contributed by atoms with van der Waals surface area (Å²) in [5, 5.41) is 22.4. The first kappa shape index (κ1) is 27.7. The largest absolute Gasteiger partial charge is 0.508 e. The average Bonchev–Trinajstić information content (AvgIpc) is 3.04. The monoisotopic (exact) mass is 551 g/mol. The molecule has 0 radical (unpaired) electrons. The summed E-state index contributed by atoms with van der Waals surface area (Å²) < 4.78 is 0. The molecular weight excluding hydrogens is 522 g/mol. The van der Waals surface area contributed by atoms with E-state index < -0.39 is 0 Å². The number of hydrogen-bond donors (Lipinski definition) is 2. The molecule has 2 N–H and O–H groups in total. The lowest BCUT2D eigenvalue weighted by Crippen LogP contribution is -2.09. The predicted molar refractivity (Wildman–Crippen MR) is 171 cm³/mol. The fraction of sp³-hybridized carbons (Fsp3) is 0. The van der Waals surface area contributed by atoms with E-state index in [1.54, 1.807) is 18.2 Å². The van der Waals surface area contributed by atoms with Crippen molar-refractivity contribution >= 4 is 39.8 Å². The Hall–Kier alpha value is -5.88. The van der Waals surface area contributed by atoms with Gasteiger partial charge in [-0.05, 0) is 78.0 Å². The molecule has 6 aromatic carbocycles. The first-order valence-electron chi connectivity index (χ1n) is 13.4. The van der Waals surface area contributed by atoms with Gasteiger partial charge >= 0.3 is 0 Å². The van der Waals surface area contributed by atoms with E-state index in [-0.39, 0.29) is 17.2 Å². The van der Waals surface area contributed by atoms with Crippen LogP contribution in [0, 0.1) is 4.91 Å². The highest BCUT2D eigenvalue weighted by Gasteiger charge is 2.14. The van der Waals surface area contributed by atoms with E-state index in [0.717, 1.165) is 34.1 Å². The van der Waals surface area contributed by atoms with Crippen LogP contribution in [-0.2, 0) is 0 Å². The molecule has 0 atom stereocenters. The summed E-state index contributed by atoms with van der Waals surface area (Å²) in [7, 11) is 0. The van der Waals surface area contributed by atoms with E-state index in [9.17, 15) is 15.1 Å². The number of rotatable bonds is 7. The molecule has 0 bridgehead atoms. The molecule has 0 aliphatic carbocycles. The maximum atomic E-state index is 10.6. The Morgan fingerprint density at radius 3 is 1.14 bits per heavy atom. The average molecular weight is 552 g/mol. The second-order valence-corrected chi connectivity index (χ2v) is 9.30. The third-order valence-electron chi connectivity index (χ3n) is 6.46. The maximum absolute atomic E-state index is 10.6. The molecule has 0 unspecified atom stereocenters. The number of para-hydroxylation sites is 4. The SMILES string of the molecule is O=Nc1ccc(N(c2ccccc2)c2ccccc2)cc1O.Oc1cccc(N(c2ccccc2)c2ccccc2)c1. The van der Waals surface area contributed by atoms with Crippen LogP contribution in [0.5, 0.6) is 11.5 Å². The highest BCUT2D eigenvalue weighted by molar-refractivity contribution is 5.79. The van der Waals surface area contributed by atoms with Crippen molar-refractivity contribution in [3.63, 3.8) is 0 Å². The number of phenols is 2. The van der Waals surface area contributed by atoms with Crippen LogP contribution in [0.4, 0.5) is 39.8 Å². The molecule has 0 aliphatic rings. The first-order valence-corrected chi connectivity index (χ1v) is 13.4. The summed E-state index contributed by atoms with van der Waals surface area (Å²) in [6.07, 6.45) is 0. The molecule has 42 heavy (non-hydrogen) atoms. The lowest BCUT2D eigenvalue weighted by atomic mass is 10.2. The summed E-state index contributed by atoms with van der Waals surface area (Å²) in [4.78, 5) is 14.7. The topological polar surface area (TPSA) is 76.4 Å². The molecule has 0 fully saturated rings. The van der Waals surface area contributed by atoms with Gasteiger partial charge < -0.3 is 20.0 Å². The van der Waals surface area contributed by atoms with Crippen molar-refractivity contribution in [1.82, 2.24) is 0 Å². The molecule has 0 aliphatic heterocycles. The number of anilines is 6. The van der Waals surface area contributed by atoms with E-state index in [4.69, 9.17) is 0 Å². The van der Waals surface area contributed by atoms with Crippen LogP contribution in [0.3, 0.4) is 0 Å². The van der Waals surface area contributed by atoms with Crippen LogP contribution < -0.4 is 9.80 Å². The Balaban J connectivity index is 0.000000169. The second-order valence-electron chi connectivity index (χ2n) is 9.30. The maximum Gasteiger partial charge on any atom is 0.149 e. The number of benzene rings is 6. The van der Waals surface area contributed by atoms with Crippen molar-refractivity contribution in [3.8, 4) is 11.5 Å². The zero-order chi connectivity index (χ0) is 29.1. The van der Waals surface area contributed by atoms with Gasteiger partial charge in [0.15, 0.2) is 0 Å². The van der Waals surface area contributed by atoms with Gasteiger partial charge in [0.05, 0.1) is 0 Å². The molecule has 6 nitrogen and oxygen atoms in total. The van der Waals surface area contributed by atoms with Crippen LogP contribution >= 0.6 is 0 Å². The Kier molecular flexibility index (Phi) is 8.87. The van der Waals surface area contributed by atoms with Crippen molar-refractivity contribution in [1.29, 1.82) is 0 Å². The normalized spacial score (nSPS) is 10.2. The van der Waals surface area contributed by atoms with E-state index in [1.807, 2.05) is 114 Å². The Morgan fingerprint density at radius 1 is 0.405 bits per heavy atom. The zero-order valence-corrected chi connectivity index (χ0v) is 22.7. The van der Waals surface area contributed by atoms with Crippen LogP contribution in [0.2, 0.25) is 0 Å². The third-order valence-corrected chi connectivity index (χ3v) is 6.46. The van der Waals surface area contributed by atoms with Crippen LogP contribution in [0.15, 0.2) is 169 Å². The highest BCUT2D eigenvalue weighted by Crippen LogP contribution is 2.39. The summed E-state index contributed by atoms with van der Waals surface area (Å²) in [5.41, 5.74) is 5.75. The Labute approximate surface area is 245 Å². The Bertz CT molecular complexity index is 1640. The number of nitrogens with zero attached hydrogens (tertiary/aromatic N) is 3. The van der Waals surface area contributed by atoms with Crippen molar-refractivity contribution in [2.75, 3.05) is 9.80 Å². The highest BCUT2D eigenvalue weighted by atomic mass is 16.3. The van der Waals surface area contributed by atoms with Crippen molar-refractivity contribution in [2.24, 2.45) is 5.18 Å². The number of hydrogen-bond acceptors (Lipinski definition) is 6. The predicted octanol–water partition coefficient (Wildman–Crippen LogP) is 10.1. The van der Waals surface area contributed by atoms with Crippen molar-refractivity contribution < 1.29 is 10.2 Å². The van der Waals surface area contributed by atoms with Gasteiger partial charge in [0, 0.05) is 46.3 Å². The van der Waals surface area contributed by atoms with Gasteiger partial charge in [-0.1, -0.05) is 78.9 Å². The van der Waals surface area contributed by atoms with Gasteiger partial charge in [0.25, 0.3) is 0 Å². The van der Waals surface area contributed by atoms with Crippen LogP contribution in [0.1, 0.15) is 0 Å². The summed E-state index contributed by atoms with van der Waals surface area (Å²) in [5.74, 6) is 0.128. The lowest BCUT2D eigenvalue weighted by molar-refractivity contribution is 0.475. The summed E-state index contributed by atoms with van der Waals surface area (Å²) >= 11 is 0. The molecule has 0 aromatic heterocycles. The molecule has 0 saturated heterocycles. The molecule has 6 rings (SSSR count). The molecule has 0 amide bonds. The van der Waals surface area contributed by atoms with Gasteiger partial charge in [-0.15, -0.1) is 4.91 Å². The number of aromatic hydroxyl groups is 2. The van der Waals surface area contributed by atoms with Crippen LogP contribution in [-0.4, -0.2) is 10.2 Å². The van der Waals surface area contributed by atoms with Gasteiger partial charge in [-0.25, -0.2) is 0 Å². The van der Waals surface area contributed by atoms with Crippen LogP contribution in [0.25, 0.3) is 0 Å². The molecule has 0 spiro atoms. The minimum Gasteiger partial charge on any atom is -0.508 e. The second kappa shape index (κ2) is 13.5. The fourth-order valence-corrected chi connectivity index (χ4v) is 4.56. The number of phenolic OH excluding ortho intramolecular Hbond substituents is 2. The smallest absolute Gasteiger partial charge is 0.149 e. The van der Waals surface area contributed by atoms with E-state index in [0.29, 0.717) is 0 Å². The minimum atomic E-state index is -0.135. The molecular formula is C36H29N3O3. The molecule has 0 saturated carbocycles. The first-order chi connectivity index (χ1) is 20.6. The molecule has 0 heterocycles. The van der Waals surface area contributed by atoms with E-state index in [1.165, 1.54) is 12.1 Å². The van der Waals surface area contributed by atoms with Gasteiger partial charge in [-0.3, -0.25) is 0 Å². The van der Waals surface area contributed by atoms with E-state index >= 15 is 0 Å². The quantitative estimate of drug-likeness (QED) is 0.193. The van der Waals surface area contributed by atoms with Crippen molar-refractivity contribution in [2.45, 2.75) is 0 Å². The van der Waals surface area contributed by atoms with Gasteiger partial charge in [-0.2, -0.15) is 0 Å². The lowest BCUT2D eigenvalue weighted by Gasteiger charge is -2.25.